The zero-order chi connectivity index (χ0) is 16.3. The van der Waals surface area contributed by atoms with E-state index >= 15 is 0 Å². The highest BCUT2D eigenvalue weighted by Gasteiger charge is 2.33. The number of carbonyl (C=O) groups excluding carboxylic acids is 1. The van der Waals surface area contributed by atoms with E-state index in [0.717, 1.165) is 22.0 Å². The van der Waals surface area contributed by atoms with Crippen molar-refractivity contribution in [2.24, 2.45) is 5.10 Å². The van der Waals surface area contributed by atoms with Crippen molar-refractivity contribution in [1.29, 1.82) is 0 Å². The molecule has 5 heteroatoms. The molecule has 0 spiro atoms. The number of nitrogens with one attached hydrogen (secondary N) is 1. The van der Waals surface area contributed by atoms with E-state index in [9.17, 15) is 4.79 Å². The Morgan fingerprint density at radius 2 is 1.87 bits per heavy atom. The molecule has 1 saturated heterocycles. The molecule has 5 nitrogen and oxygen atoms in total. The summed E-state index contributed by atoms with van der Waals surface area (Å²) in [5.74, 6) is -1.07. The van der Waals surface area contributed by atoms with E-state index in [4.69, 9.17) is 9.47 Å². The van der Waals surface area contributed by atoms with Crippen LogP contribution in [0, 0.1) is 0 Å². The summed E-state index contributed by atoms with van der Waals surface area (Å²) in [4.78, 5) is 12.0. The van der Waals surface area contributed by atoms with Crippen molar-refractivity contribution >= 4 is 22.4 Å². The van der Waals surface area contributed by atoms with Crippen molar-refractivity contribution in [3.63, 3.8) is 0 Å². The molecule has 2 aromatic carbocycles. The van der Waals surface area contributed by atoms with Crippen LogP contribution in [0.5, 0.6) is 0 Å². The van der Waals surface area contributed by atoms with Gasteiger partial charge in [-0.05, 0) is 24.6 Å². The molecule has 3 rings (SSSR count). The van der Waals surface area contributed by atoms with Gasteiger partial charge in [0.05, 0.1) is 25.3 Å². The molecule has 0 bridgehead atoms. The zero-order valence-corrected chi connectivity index (χ0v) is 13.3. The summed E-state index contributed by atoms with van der Waals surface area (Å²) in [5.41, 5.74) is 4.35. The summed E-state index contributed by atoms with van der Waals surface area (Å²) in [6.07, 6.45) is 0.124. The monoisotopic (exact) mass is 312 g/mol. The lowest BCUT2D eigenvalue weighted by Crippen LogP contribution is -2.33. The summed E-state index contributed by atoms with van der Waals surface area (Å²) in [6, 6.07) is 14.1. The molecule has 120 valence electrons. The van der Waals surface area contributed by atoms with E-state index in [1.54, 1.807) is 6.92 Å². The Bertz CT molecular complexity index is 744. The standard InChI is InChI=1S/C18H20N2O3/c1-13(15-9-5-7-14-6-3-4-8-16(14)15)19-20-17(21)12-18(2)22-10-11-23-18/h3-9H,10-12H2,1-2H3,(H,20,21)/b19-13-. The first-order chi connectivity index (χ1) is 11.1. The van der Waals surface area contributed by atoms with E-state index in [2.05, 4.69) is 22.7 Å². The minimum atomic E-state index is -0.840. The van der Waals surface area contributed by atoms with Gasteiger partial charge in [-0.15, -0.1) is 0 Å². The molecule has 1 heterocycles. The average molecular weight is 312 g/mol. The molecule has 1 amide bonds. The van der Waals surface area contributed by atoms with Crippen molar-refractivity contribution in [1.82, 2.24) is 5.43 Å². The summed E-state index contributed by atoms with van der Waals surface area (Å²) in [5, 5.41) is 6.48. The maximum atomic E-state index is 12.0. The van der Waals surface area contributed by atoms with Crippen LogP contribution < -0.4 is 5.43 Å². The van der Waals surface area contributed by atoms with Crippen LogP contribution in [0.25, 0.3) is 10.8 Å². The lowest BCUT2D eigenvalue weighted by molar-refractivity contribution is -0.159. The van der Waals surface area contributed by atoms with Gasteiger partial charge in [0.25, 0.3) is 0 Å². The number of fused-ring (bicyclic) bond motifs is 1. The van der Waals surface area contributed by atoms with Gasteiger partial charge >= 0.3 is 0 Å². The van der Waals surface area contributed by atoms with E-state index in [1.165, 1.54) is 0 Å². The SMILES string of the molecule is C/C(=N/NC(=O)CC1(C)OCCO1)c1cccc2ccccc12. The molecule has 2 aromatic rings. The van der Waals surface area contributed by atoms with Crippen molar-refractivity contribution in [2.75, 3.05) is 13.2 Å². The van der Waals surface area contributed by atoms with Crippen molar-refractivity contribution in [3.05, 3.63) is 48.0 Å². The van der Waals surface area contributed by atoms with Crippen LogP contribution in [0.15, 0.2) is 47.6 Å². The van der Waals surface area contributed by atoms with Crippen LogP contribution in [-0.2, 0) is 14.3 Å². The van der Waals surface area contributed by atoms with Crippen LogP contribution in [0.4, 0.5) is 0 Å². The molecule has 1 aliphatic rings. The number of ether oxygens (including phenoxy) is 2. The summed E-state index contributed by atoms with van der Waals surface area (Å²) in [6.45, 7) is 4.68. The maximum absolute atomic E-state index is 12.0. The Hall–Kier alpha value is -2.24. The van der Waals surface area contributed by atoms with E-state index in [-0.39, 0.29) is 12.3 Å². The Morgan fingerprint density at radius 3 is 2.65 bits per heavy atom. The molecule has 0 atom stereocenters. The smallest absolute Gasteiger partial charge is 0.245 e. The number of rotatable bonds is 4. The Morgan fingerprint density at radius 1 is 1.17 bits per heavy atom. The molecule has 0 aliphatic carbocycles. The largest absolute Gasteiger partial charge is 0.347 e. The highest BCUT2D eigenvalue weighted by Crippen LogP contribution is 2.22. The number of hydrogen-bond donors (Lipinski definition) is 1. The maximum Gasteiger partial charge on any atom is 0.245 e. The minimum absolute atomic E-state index is 0.124. The van der Waals surface area contributed by atoms with Crippen molar-refractivity contribution in [3.8, 4) is 0 Å². The lowest BCUT2D eigenvalue weighted by atomic mass is 10.0. The fraction of sp³-hybridized carbons (Fsp3) is 0.333. The lowest BCUT2D eigenvalue weighted by Gasteiger charge is -2.20. The third kappa shape index (κ3) is 3.57. The normalized spacial score (nSPS) is 17.4. The first-order valence-corrected chi connectivity index (χ1v) is 7.67. The average Bonchev–Trinajstić information content (AvgIpc) is 2.98. The van der Waals surface area contributed by atoms with Crippen molar-refractivity contribution in [2.45, 2.75) is 26.1 Å². The molecule has 1 N–H and O–H groups in total. The van der Waals surface area contributed by atoms with Gasteiger partial charge in [-0.1, -0.05) is 42.5 Å². The first-order valence-electron chi connectivity index (χ1n) is 7.67. The molecule has 0 radical (unpaired) electrons. The first kappa shape index (κ1) is 15.6. The molecule has 1 fully saturated rings. The predicted molar refractivity (Wildman–Crippen MR) is 89.2 cm³/mol. The van der Waals surface area contributed by atoms with Crippen LogP contribution >= 0.6 is 0 Å². The topological polar surface area (TPSA) is 59.9 Å². The number of nitrogens with zero attached hydrogens (tertiary/aromatic N) is 1. The van der Waals surface area contributed by atoms with Crippen molar-refractivity contribution < 1.29 is 14.3 Å². The summed E-state index contributed by atoms with van der Waals surface area (Å²) < 4.78 is 10.9. The molecule has 0 saturated carbocycles. The second-order valence-corrected chi connectivity index (χ2v) is 5.77. The third-order valence-corrected chi connectivity index (χ3v) is 3.91. The van der Waals surface area contributed by atoms with E-state index < -0.39 is 5.79 Å². The highest BCUT2D eigenvalue weighted by molar-refractivity contribution is 6.09. The zero-order valence-electron chi connectivity index (χ0n) is 13.3. The van der Waals surface area contributed by atoms with Gasteiger partial charge in [-0.25, -0.2) is 5.43 Å². The summed E-state index contributed by atoms with van der Waals surface area (Å²) >= 11 is 0. The van der Waals surface area contributed by atoms with Gasteiger partial charge in [-0.3, -0.25) is 4.79 Å². The number of amides is 1. The highest BCUT2D eigenvalue weighted by atomic mass is 16.7. The van der Waals surface area contributed by atoms with Gasteiger partial charge in [0.1, 0.15) is 0 Å². The Kier molecular flexibility index (Phi) is 4.41. The molecule has 0 unspecified atom stereocenters. The number of benzene rings is 2. The number of hydrazone groups is 1. The third-order valence-electron chi connectivity index (χ3n) is 3.91. The van der Waals surface area contributed by atoms with Crippen LogP contribution in [0.1, 0.15) is 25.8 Å². The fourth-order valence-electron chi connectivity index (χ4n) is 2.74. The predicted octanol–water partition coefficient (Wildman–Crippen LogP) is 2.83. The molecular formula is C18H20N2O3. The second kappa shape index (κ2) is 6.48. The number of carbonyl (C=O) groups is 1. The second-order valence-electron chi connectivity index (χ2n) is 5.77. The Balaban J connectivity index is 1.73. The summed E-state index contributed by atoms with van der Waals surface area (Å²) in [7, 11) is 0. The van der Waals surface area contributed by atoms with Crippen LogP contribution in [-0.4, -0.2) is 30.6 Å². The molecule has 0 aromatic heterocycles. The van der Waals surface area contributed by atoms with Gasteiger partial charge < -0.3 is 9.47 Å². The molecule has 23 heavy (non-hydrogen) atoms. The molecular weight excluding hydrogens is 292 g/mol. The van der Waals surface area contributed by atoms with Gasteiger partial charge in [0.2, 0.25) is 5.91 Å². The van der Waals surface area contributed by atoms with Crippen LogP contribution in [0.2, 0.25) is 0 Å². The Labute approximate surface area is 135 Å². The minimum Gasteiger partial charge on any atom is -0.347 e. The fourth-order valence-corrected chi connectivity index (χ4v) is 2.74. The van der Waals surface area contributed by atoms with Gasteiger partial charge in [0, 0.05) is 5.56 Å². The van der Waals surface area contributed by atoms with E-state index in [1.807, 2.05) is 37.3 Å². The quantitative estimate of drug-likeness (QED) is 0.697. The van der Waals surface area contributed by atoms with E-state index in [0.29, 0.717) is 13.2 Å². The van der Waals surface area contributed by atoms with Gasteiger partial charge in [0.15, 0.2) is 5.79 Å². The van der Waals surface area contributed by atoms with Crippen LogP contribution in [0.3, 0.4) is 0 Å². The number of hydrogen-bond acceptors (Lipinski definition) is 4. The molecule has 1 aliphatic heterocycles. The van der Waals surface area contributed by atoms with Gasteiger partial charge in [-0.2, -0.15) is 5.10 Å².